The molecule has 0 amide bonds. The van der Waals surface area contributed by atoms with Gasteiger partial charge in [-0.25, -0.2) is 37.1 Å². The number of carbonyl (C=O) groups is 2. The number of carboxylic acid groups (broad SMARTS) is 1. The number of pyridine rings is 2. The Labute approximate surface area is 281 Å². The fraction of sp³-hybridized carbons (Fsp3) is 0.125. The Morgan fingerprint density at radius 3 is 1.54 bits per heavy atom. The minimum absolute atomic E-state index is 0. The first-order valence-corrected chi connectivity index (χ1v) is 13.3. The summed E-state index contributed by atoms with van der Waals surface area (Å²) >= 11 is 0. The molecule has 0 saturated carbocycles. The second-order valence-electron chi connectivity index (χ2n) is 9.43. The Morgan fingerprint density at radius 1 is 0.739 bits per heavy atom. The molecule has 14 heteroatoms. The summed E-state index contributed by atoms with van der Waals surface area (Å²) in [6.45, 7) is 2.02. The molecule has 4 aromatic heterocycles. The zero-order chi connectivity index (χ0) is 31.4. The molecule has 2 N–H and O–H groups in total. The van der Waals surface area contributed by atoms with E-state index in [0.29, 0.717) is 39.4 Å². The van der Waals surface area contributed by atoms with E-state index in [1.807, 2.05) is 0 Å². The number of fused-ring (bicyclic) bond motifs is 2. The molecule has 0 aliphatic heterocycles. The zero-order valence-corrected chi connectivity index (χ0v) is 26.5. The maximum absolute atomic E-state index is 12.6. The van der Waals surface area contributed by atoms with Crippen LogP contribution in [-0.2, 0) is 4.74 Å². The summed E-state index contributed by atoms with van der Waals surface area (Å²) in [5.74, 6) is -1.51. The molecule has 6 rings (SSSR count). The van der Waals surface area contributed by atoms with Crippen molar-refractivity contribution >= 4 is 23.2 Å². The maximum atomic E-state index is 12.6. The molecule has 0 bridgehead atoms. The first kappa shape index (κ1) is 35.9. The third kappa shape index (κ3) is 7.80. The van der Waals surface area contributed by atoms with Crippen LogP contribution in [0.3, 0.4) is 0 Å². The molecular formula is C32H25F4N4NaO5. The number of aromatic carboxylic acids is 1. The average molecular weight is 645 g/mol. The van der Waals surface area contributed by atoms with Gasteiger partial charge in [0.1, 0.15) is 11.1 Å². The molecule has 0 aliphatic carbocycles. The summed E-state index contributed by atoms with van der Waals surface area (Å²) in [6.07, 6.45) is 1.85. The van der Waals surface area contributed by atoms with E-state index < -0.39 is 24.8 Å². The number of hydrogen-bond donors (Lipinski definition) is 1. The fourth-order valence-electron chi connectivity index (χ4n) is 4.44. The second kappa shape index (κ2) is 15.6. The number of imidazole rings is 2. The third-order valence-electron chi connectivity index (χ3n) is 6.61. The quantitative estimate of drug-likeness (QED) is 0.153. The zero-order valence-electron chi connectivity index (χ0n) is 24.5. The van der Waals surface area contributed by atoms with Gasteiger partial charge in [0.15, 0.2) is 11.3 Å². The first-order chi connectivity index (χ1) is 21.2. The SMILES string of the molecule is CCOC(=O)c1cccn2cc(-c3ccc(C(F)F)cc3)nc12.O=C(O)c1cccn2cc(-c3ccc(C(F)F)cc3)nc12.[Na+].[OH-]. The number of halogens is 4. The number of benzene rings is 2. The first-order valence-electron chi connectivity index (χ1n) is 13.3. The molecule has 4 heterocycles. The van der Waals surface area contributed by atoms with Crippen LogP contribution >= 0.6 is 0 Å². The number of nitrogens with zero attached hydrogens (tertiary/aromatic N) is 4. The molecule has 0 saturated heterocycles. The monoisotopic (exact) mass is 644 g/mol. The Kier molecular flexibility index (Phi) is 12.2. The van der Waals surface area contributed by atoms with Crippen LogP contribution in [0.5, 0.6) is 0 Å². The molecule has 0 radical (unpaired) electrons. The minimum atomic E-state index is -2.52. The van der Waals surface area contributed by atoms with Crippen LogP contribution in [0, 0.1) is 0 Å². The van der Waals surface area contributed by atoms with Crippen LogP contribution < -0.4 is 29.6 Å². The van der Waals surface area contributed by atoms with Gasteiger partial charge in [0, 0.05) is 47.0 Å². The van der Waals surface area contributed by atoms with Gasteiger partial charge >= 0.3 is 41.5 Å². The van der Waals surface area contributed by atoms with Crippen LogP contribution in [0.15, 0.2) is 97.6 Å². The number of rotatable bonds is 7. The molecule has 0 unspecified atom stereocenters. The van der Waals surface area contributed by atoms with E-state index in [1.54, 1.807) is 83.0 Å². The van der Waals surface area contributed by atoms with E-state index in [0.717, 1.165) is 0 Å². The van der Waals surface area contributed by atoms with Crippen molar-refractivity contribution in [3.8, 4) is 22.5 Å². The molecule has 0 aliphatic rings. The number of hydrogen-bond acceptors (Lipinski definition) is 6. The molecule has 6 aromatic rings. The molecule has 46 heavy (non-hydrogen) atoms. The van der Waals surface area contributed by atoms with Gasteiger partial charge in [0.05, 0.1) is 18.0 Å². The molecule has 2 aromatic carbocycles. The molecule has 0 spiro atoms. The normalized spacial score (nSPS) is 10.7. The Bertz CT molecular complexity index is 1940. The summed E-state index contributed by atoms with van der Waals surface area (Å²) in [4.78, 5) is 31.8. The summed E-state index contributed by atoms with van der Waals surface area (Å²) in [5, 5.41) is 9.12. The topological polar surface area (TPSA) is 128 Å². The third-order valence-corrected chi connectivity index (χ3v) is 6.61. The smallest absolute Gasteiger partial charge is 0.870 e. The van der Waals surface area contributed by atoms with Crippen molar-refractivity contribution in [1.82, 2.24) is 18.8 Å². The number of alkyl halides is 4. The van der Waals surface area contributed by atoms with Crippen molar-refractivity contribution in [1.29, 1.82) is 0 Å². The summed E-state index contributed by atoms with van der Waals surface area (Å²) in [6, 6.07) is 18.1. The van der Waals surface area contributed by atoms with Crippen molar-refractivity contribution in [3.63, 3.8) is 0 Å². The number of carbonyl (C=O) groups excluding carboxylic acids is 1. The van der Waals surface area contributed by atoms with E-state index in [-0.39, 0.29) is 58.3 Å². The van der Waals surface area contributed by atoms with Crippen molar-refractivity contribution < 1.29 is 72.0 Å². The van der Waals surface area contributed by atoms with E-state index >= 15 is 0 Å². The second-order valence-corrected chi connectivity index (χ2v) is 9.43. The average Bonchev–Trinajstić information content (AvgIpc) is 3.66. The van der Waals surface area contributed by atoms with Gasteiger partial charge in [-0.05, 0) is 31.2 Å². The standard InChI is InChI=1S/C17H14F2N2O2.C15H10F2N2O2.Na.H2O/c1-2-23-17(22)13-4-3-9-21-10-14(20-16(13)21)11-5-7-12(8-6-11)15(18)19;16-13(17)10-5-3-9(4-6-10)12-8-19-7-1-2-11(15(20)21)14(19)18-12;;/h3-10,15H,2H2,1H3;1-8,13H,(H,20,21);;1H2/q;;+1;/p-1. The van der Waals surface area contributed by atoms with Gasteiger partial charge in [-0.1, -0.05) is 48.5 Å². The summed E-state index contributed by atoms with van der Waals surface area (Å²) in [7, 11) is 0. The van der Waals surface area contributed by atoms with Crippen molar-refractivity contribution in [3.05, 3.63) is 120 Å². The van der Waals surface area contributed by atoms with Crippen LogP contribution in [0.1, 0.15) is 51.6 Å². The van der Waals surface area contributed by atoms with Crippen molar-refractivity contribution in [2.24, 2.45) is 0 Å². The van der Waals surface area contributed by atoms with Gasteiger partial charge in [-0.15, -0.1) is 0 Å². The number of aromatic nitrogens is 4. The van der Waals surface area contributed by atoms with Gasteiger partial charge < -0.3 is 24.1 Å². The van der Waals surface area contributed by atoms with Crippen LogP contribution in [0.4, 0.5) is 17.6 Å². The predicted octanol–water partition coefficient (Wildman–Crippen LogP) is 4.58. The number of ether oxygens (including phenoxy) is 1. The maximum Gasteiger partial charge on any atom is 1.00 e. The summed E-state index contributed by atoms with van der Waals surface area (Å²) in [5.41, 5.74) is 3.63. The number of carboxylic acids is 1. The Balaban J connectivity index is 0.000000241. The molecule has 232 valence electrons. The molecule has 9 nitrogen and oxygen atoms in total. The molecule has 0 atom stereocenters. The molecular weight excluding hydrogens is 619 g/mol. The van der Waals surface area contributed by atoms with Gasteiger partial charge in [-0.3, -0.25) is 0 Å². The van der Waals surface area contributed by atoms with E-state index in [9.17, 15) is 27.2 Å². The van der Waals surface area contributed by atoms with Gasteiger partial charge in [0.2, 0.25) is 0 Å². The van der Waals surface area contributed by atoms with Crippen LogP contribution in [0.2, 0.25) is 0 Å². The van der Waals surface area contributed by atoms with E-state index in [1.165, 1.54) is 30.3 Å². The Morgan fingerprint density at radius 2 is 1.15 bits per heavy atom. The van der Waals surface area contributed by atoms with Crippen molar-refractivity contribution in [2.45, 2.75) is 19.8 Å². The Hall–Kier alpha value is -4.56. The predicted molar refractivity (Wildman–Crippen MR) is 156 cm³/mol. The van der Waals surface area contributed by atoms with E-state index in [2.05, 4.69) is 9.97 Å². The fourth-order valence-corrected chi connectivity index (χ4v) is 4.44. The minimum Gasteiger partial charge on any atom is -0.870 e. The van der Waals surface area contributed by atoms with Crippen molar-refractivity contribution in [2.75, 3.05) is 6.61 Å². The number of esters is 1. The van der Waals surface area contributed by atoms with Gasteiger partial charge in [0.25, 0.3) is 12.9 Å². The van der Waals surface area contributed by atoms with Gasteiger partial charge in [-0.2, -0.15) is 0 Å². The molecule has 0 fully saturated rings. The largest absolute Gasteiger partial charge is 1.00 e. The van der Waals surface area contributed by atoms with Crippen LogP contribution in [-0.4, -0.2) is 47.9 Å². The summed E-state index contributed by atoms with van der Waals surface area (Å²) < 4.78 is 58.6. The van der Waals surface area contributed by atoms with Crippen LogP contribution in [0.25, 0.3) is 33.8 Å². The van der Waals surface area contributed by atoms with E-state index in [4.69, 9.17) is 9.84 Å².